The van der Waals surface area contributed by atoms with Crippen molar-refractivity contribution >= 4 is 57.3 Å². The Balaban J connectivity index is 0.926. The second-order valence-electron chi connectivity index (χ2n) is 13.7. The summed E-state index contributed by atoms with van der Waals surface area (Å²) >= 11 is 0. The molecule has 0 amide bonds. The zero-order chi connectivity index (χ0) is 37.8. The van der Waals surface area contributed by atoms with E-state index in [4.69, 9.17) is 0 Å². The topological polar surface area (TPSA) is 23.2 Å². The molecule has 0 saturated carbocycles. The van der Waals surface area contributed by atoms with E-state index in [0.717, 1.165) is 31.9 Å². The van der Waals surface area contributed by atoms with Crippen LogP contribution in [0, 0.1) is 0 Å². The molecule has 0 spiro atoms. The van der Waals surface area contributed by atoms with E-state index in [1.54, 1.807) is 0 Å². The zero-order valence-corrected chi connectivity index (χ0v) is 33.6. The van der Waals surface area contributed by atoms with Gasteiger partial charge in [0.1, 0.15) is 7.05 Å². The van der Waals surface area contributed by atoms with Crippen molar-refractivity contribution in [1.82, 2.24) is 4.98 Å². The molecule has 0 bridgehead atoms. The fourth-order valence-corrected chi connectivity index (χ4v) is 8.69. The van der Waals surface area contributed by atoms with Crippen LogP contribution in [0.25, 0.3) is 24.3 Å². The lowest BCUT2D eigenvalue weighted by atomic mass is 10.1. The largest absolute Gasteiger partial charge is 0.367 e. The molecule has 2 aromatic heterocycles. The second kappa shape index (κ2) is 22.4. The highest BCUT2D eigenvalue weighted by Gasteiger charge is 2.10. The molecule has 6 aromatic rings. The van der Waals surface area contributed by atoms with Gasteiger partial charge in [0.15, 0.2) is 6.20 Å². The maximum absolute atomic E-state index is 4.40. The Labute approximate surface area is 337 Å². The average molecular weight is 762 g/mol. The van der Waals surface area contributed by atoms with Crippen molar-refractivity contribution in [2.75, 3.05) is 34.4 Å². The number of hydrogen-bond acceptors (Lipinski definition) is 5. The van der Waals surface area contributed by atoms with Crippen molar-refractivity contribution < 1.29 is 4.57 Å². The van der Waals surface area contributed by atoms with Gasteiger partial charge in [-0.15, -0.1) is 0 Å². The van der Waals surface area contributed by atoms with Crippen molar-refractivity contribution in [3.8, 4) is 0 Å². The predicted octanol–water partition coefficient (Wildman–Crippen LogP) is 11.9. The van der Waals surface area contributed by atoms with Crippen molar-refractivity contribution in [2.45, 2.75) is 38.8 Å². The van der Waals surface area contributed by atoms with Crippen LogP contribution in [-0.2, 0) is 20.1 Å². The van der Waals surface area contributed by atoms with Gasteiger partial charge in [-0.2, -0.15) is 0 Å². The fraction of sp³-hybridized carbons (Fsp3) is 0.224. The van der Waals surface area contributed by atoms with Gasteiger partial charge in [-0.05, 0) is 103 Å². The van der Waals surface area contributed by atoms with Gasteiger partial charge in [0.2, 0.25) is 5.69 Å². The van der Waals surface area contributed by atoms with Crippen molar-refractivity contribution in [1.29, 1.82) is 0 Å². The van der Waals surface area contributed by atoms with Crippen LogP contribution >= 0.6 is 21.6 Å². The third-order valence-corrected chi connectivity index (χ3v) is 12.1. The summed E-state index contributed by atoms with van der Waals surface area (Å²) in [6, 6.07) is 51.9. The molecule has 6 heteroatoms. The van der Waals surface area contributed by atoms with Crippen molar-refractivity contribution in [3.63, 3.8) is 0 Å². The first kappa shape index (κ1) is 39.6. The van der Waals surface area contributed by atoms with Crippen molar-refractivity contribution in [3.05, 3.63) is 192 Å². The summed E-state index contributed by atoms with van der Waals surface area (Å²) in [5.41, 5.74) is 9.79. The standard InChI is InChI=1S/C49H53N4S2/c1-51-35-11-9-21-47(51)29-23-43-26-32-49(33-27-43)53(41-45-18-6-3-7-19-45)37-13-15-39-55-54-38-14-12-36-52(40-44-16-4-2-5-17-44)48-30-24-42(25-31-48)22-28-46-20-8-10-34-50-46/h2-11,16-35H,12-15,36-41H2,1H3/q+1/b28-22+. The number of unbranched alkanes of at least 4 members (excludes halogenated alkanes) is 2. The summed E-state index contributed by atoms with van der Waals surface area (Å²) in [6.45, 7) is 3.94. The Kier molecular flexibility index (Phi) is 16.1. The van der Waals surface area contributed by atoms with Gasteiger partial charge in [-0.3, -0.25) is 4.98 Å². The molecular formula is C49H53N4S2+. The van der Waals surface area contributed by atoms with Crippen LogP contribution < -0.4 is 14.4 Å². The first-order chi connectivity index (χ1) is 27.2. The van der Waals surface area contributed by atoms with E-state index in [2.05, 4.69) is 184 Å². The normalized spacial score (nSPS) is 11.4. The molecule has 0 unspecified atom stereocenters. The first-order valence-electron chi connectivity index (χ1n) is 19.4. The van der Waals surface area contributed by atoms with Gasteiger partial charge in [0.05, 0.1) is 5.69 Å². The van der Waals surface area contributed by atoms with E-state index < -0.39 is 0 Å². The van der Waals surface area contributed by atoms with E-state index >= 15 is 0 Å². The number of hydrogen-bond donors (Lipinski definition) is 0. The lowest BCUT2D eigenvalue weighted by Gasteiger charge is -2.25. The third kappa shape index (κ3) is 13.6. The van der Waals surface area contributed by atoms with Crippen LogP contribution in [0.1, 0.15) is 59.3 Å². The molecule has 2 heterocycles. The highest BCUT2D eigenvalue weighted by molar-refractivity contribution is 8.76. The molecule has 0 radical (unpaired) electrons. The van der Waals surface area contributed by atoms with Gasteiger partial charge < -0.3 is 9.80 Å². The minimum atomic E-state index is 0.918. The smallest absolute Gasteiger partial charge is 0.204 e. The molecule has 280 valence electrons. The number of anilines is 2. The number of aryl methyl sites for hydroxylation is 1. The molecule has 0 aliphatic carbocycles. The van der Waals surface area contributed by atoms with Crippen LogP contribution in [0.5, 0.6) is 0 Å². The zero-order valence-electron chi connectivity index (χ0n) is 32.0. The Hall–Kier alpha value is -5.04. The van der Waals surface area contributed by atoms with Gasteiger partial charge in [0, 0.05) is 73.5 Å². The van der Waals surface area contributed by atoms with E-state index in [0.29, 0.717) is 0 Å². The third-order valence-electron chi connectivity index (χ3n) is 9.52. The molecular weight excluding hydrogens is 709 g/mol. The molecule has 0 aliphatic heterocycles. The lowest BCUT2D eigenvalue weighted by molar-refractivity contribution is -0.673. The van der Waals surface area contributed by atoms with Crippen LogP contribution in [-0.4, -0.2) is 29.6 Å². The summed E-state index contributed by atoms with van der Waals surface area (Å²) in [4.78, 5) is 9.46. The maximum Gasteiger partial charge on any atom is 0.204 e. The molecule has 0 N–H and O–H groups in total. The summed E-state index contributed by atoms with van der Waals surface area (Å²) in [6.07, 6.45) is 17.3. The molecule has 0 saturated heterocycles. The number of pyridine rings is 2. The Bertz CT molecular complexity index is 2020. The maximum atomic E-state index is 4.40. The van der Waals surface area contributed by atoms with E-state index in [9.17, 15) is 0 Å². The quantitative estimate of drug-likeness (QED) is 0.0413. The monoisotopic (exact) mass is 761 g/mol. The second-order valence-corrected chi connectivity index (χ2v) is 16.4. The number of rotatable bonds is 21. The first-order valence-corrected chi connectivity index (χ1v) is 21.9. The highest BCUT2D eigenvalue weighted by Crippen LogP contribution is 2.26. The van der Waals surface area contributed by atoms with Crippen LogP contribution in [0.15, 0.2) is 158 Å². The predicted molar refractivity (Wildman–Crippen MR) is 241 cm³/mol. The molecule has 6 rings (SSSR count). The number of benzene rings is 4. The van der Waals surface area contributed by atoms with Gasteiger partial charge in [-0.25, -0.2) is 4.57 Å². The number of nitrogens with zero attached hydrogens (tertiary/aromatic N) is 4. The highest BCUT2D eigenvalue weighted by atomic mass is 33.1. The van der Waals surface area contributed by atoms with Gasteiger partial charge >= 0.3 is 0 Å². The average Bonchev–Trinajstić information content (AvgIpc) is 3.24. The molecule has 0 atom stereocenters. The minimum Gasteiger partial charge on any atom is -0.367 e. The summed E-state index contributed by atoms with van der Waals surface area (Å²) < 4.78 is 2.14. The molecule has 4 nitrogen and oxygen atoms in total. The van der Waals surface area contributed by atoms with Gasteiger partial charge in [-0.1, -0.05) is 119 Å². The van der Waals surface area contributed by atoms with Gasteiger partial charge in [0.25, 0.3) is 0 Å². The van der Waals surface area contributed by atoms with Crippen LogP contribution in [0.2, 0.25) is 0 Å². The summed E-state index contributed by atoms with van der Waals surface area (Å²) in [7, 11) is 6.15. The van der Waals surface area contributed by atoms with E-state index in [-0.39, 0.29) is 0 Å². The Morgan fingerprint density at radius 3 is 1.53 bits per heavy atom. The van der Waals surface area contributed by atoms with Crippen LogP contribution in [0.3, 0.4) is 0 Å². The molecule has 0 fully saturated rings. The summed E-state index contributed by atoms with van der Waals surface area (Å²) in [5, 5.41) is 0. The SMILES string of the molecule is C[n+]1ccccc1/C=C/c1ccc(N(CCCCSSCCCCN(Cc2ccccc2)c2ccc(/C=C/c3ccccn3)cc2)Cc2ccccc2)cc1. The van der Waals surface area contributed by atoms with Crippen LogP contribution in [0.4, 0.5) is 11.4 Å². The molecule has 4 aromatic carbocycles. The molecule has 55 heavy (non-hydrogen) atoms. The number of aromatic nitrogens is 2. The van der Waals surface area contributed by atoms with E-state index in [1.165, 1.54) is 76.5 Å². The molecule has 0 aliphatic rings. The summed E-state index contributed by atoms with van der Waals surface area (Å²) in [5.74, 6) is 2.37. The lowest BCUT2D eigenvalue weighted by Crippen LogP contribution is -2.30. The Morgan fingerprint density at radius 1 is 0.509 bits per heavy atom. The Morgan fingerprint density at radius 2 is 1.02 bits per heavy atom. The van der Waals surface area contributed by atoms with E-state index in [1.807, 2.05) is 46.0 Å². The van der Waals surface area contributed by atoms with Crippen molar-refractivity contribution in [2.24, 2.45) is 7.05 Å². The fourth-order valence-electron chi connectivity index (χ4n) is 6.39. The minimum absolute atomic E-state index is 0.918.